The van der Waals surface area contributed by atoms with E-state index in [-0.39, 0.29) is 5.69 Å². The second-order valence-electron chi connectivity index (χ2n) is 5.56. The molecule has 0 fully saturated rings. The zero-order valence-corrected chi connectivity index (χ0v) is 15.5. The van der Waals surface area contributed by atoms with E-state index in [2.05, 4.69) is 16.3 Å². The topological polar surface area (TPSA) is 54.5 Å². The first-order valence-corrected chi connectivity index (χ1v) is 9.01. The van der Waals surface area contributed by atoms with Gasteiger partial charge in [-0.1, -0.05) is 41.6 Å². The molecule has 0 radical (unpaired) electrons. The SMILES string of the molecule is CC(C#N)Sc1nnc(-c2ccccc2Cl)n1-c1cccc(C(F)(F)F)c1. The van der Waals surface area contributed by atoms with Crippen LogP contribution in [0.4, 0.5) is 13.2 Å². The maximum absolute atomic E-state index is 13.2. The highest BCUT2D eigenvalue weighted by Crippen LogP contribution is 2.35. The van der Waals surface area contributed by atoms with Gasteiger partial charge in [0.1, 0.15) is 0 Å². The molecule has 0 aliphatic rings. The van der Waals surface area contributed by atoms with Crippen molar-refractivity contribution in [2.24, 2.45) is 0 Å². The Balaban J connectivity index is 2.22. The molecule has 0 bridgehead atoms. The predicted octanol–water partition coefficient (Wildman–Crippen LogP) is 5.61. The van der Waals surface area contributed by atoms with Gasteiger partial charge >= 0.3 is 6.18 Å². The van der Waals surface area contributed by atoms with E-state index in [1.807, 2.05) is 0 Å². The minimum atomic E-state index is -4.48. The Kier molecular flexibility index (Phi) is 5.44. The van der Waals surface area contributed by atoms with Crippen LogP contribution in [-0.2, 0) is 6.18 Å². The number of nitriles is 1. The minimum Gasteiger partial charge on any atom is -0.270 e. The van der Waals surface area contributed by atoms with E-state index in [1.54, 1.807) is 31.2 Å². The molecule has 27 heavy (non-hydrogen) atoms. The first kappa shape index (κ1) is 19.3. The van der Waals surface area contributed by atoms with Crippen molar-refractivity contribution in [1.82, 2.24) is 14.8 Å². The lowest BCUT2D eigenvalue weighted by molar-refractivity contribution is -0.137. The van der Waals surface area contributed by atoms with Crippen molar-refractivity contribution in [3.8, 4) is 23.1 Å². The number of hydrogen-bond donors (Lipinski definition) is 0. The molecule has 0 amide bonds. The van der Waals surface area contributed by atoms with Crippen molar-refractivity contribution >= 4 is 23.4 Å². The maximum Gasteiger partial charge on any atom is 0.416 e. The van der Waals surface area contributed by atoms with E-state index in [4.69, 9.17) is 16.9 Å². The van der Waals surface area contributed by atoms with Crippen LogP contribution in [0.1, 0.15) is 12.5 Å². The highest BCUT2D eigenvalue weighted by atomic mass is 35.5. The molecule has 0 saturated carbocycles. The highest BCUT2D eigenvalue weighted by Gasteiger charge is 2.31. The number of alkyl halides is 3. The molecule has 2 aromatic carbocycles. The Bertz CT molecular complexity index is 1010. The summed E-state index contributed by atoms with van der Waals surface area (Å²) in [5.41, 5.74) is -0.0268. The minimum absolute atomic E-state index is 0.234. The Morgan fingerprint density at radius 1 is 1.15 bits per heavy atom. The van der Waals surface area contributed by atoms with Gasteiger partial charge in [0.2, 0.25) is 0 Å². The average Bonchev–Trinajstić information content (AvgIpc) is 3.04. The largest absolute Gasteiger partial charge is 0.416 e. The van der Waals surface area contributed by atoms with Gasteiger partial charge in [0.15, 0.2) is 11.0 Å². The molecule has 1 atom stereocenters. The van der Waals surface area contributed by atoms with Crippen molar-refractivity contribution in [3.63, 3.8) is 0 Å². The molecule has 0 aliphatic carbocycles. The van der Waals surface area contributed by atoms with Gasteiger partial charge in [0.25, 0.3) is 0 Å². The molecule has 1 unspecified atom stereocenters. The monoisotopic (exact) mass is 408 g/mol. The summed E-state index contributed by atoms with van der Waals surface area (Å²) < 4.78 is 40.9. The molecule has 0 spiro atoms. The van der Waals surface area contributed by atoms with Crippen molar-refractivity contribution in [2.45, 2.75) is 23.5 Å². The van der Waals surface area contributed by atoms with Crippen molar-refractivity contribution in [3.05, 3.63) is 59.1 Å². The fraction of sp³-hybridized carbons (Fsp3) is 0.167. The number of nitrogens with zero attached hydrogens (tertiary/aromatic N) is 4. The quantitative estimate of drug-likeness (QED) is 0.526. The molecule has 0 N–H and O–H groups in total. The number of aromatic nitrogens is 3. The Morgan fingerprint density at radius 3 is 2.56 bits per heavy atom. The lowest BCUT2D eigenvalue weighted by Crippen LogP contribution is -2.07. The summed E-state index contributed by atoms with van der Waals surface area (Å²) in [6.07, 6.45) is -4.48. The molecule has 3 rings (SSSR count). The van der Waals surface area contributed by atoms with Gasteiger partial charge in [-0.3, -0.25) is 4.57 Å². The number of hydrogen-bond acceptors (Lipinski definition) is 4. The van der Waals surface area contributed by atoms with Gasteiger partial charge < -0.3 is 0 Å². The van der Waals surface area contributed by atoms with Crippen LogP contribution < -0.4 is 0 Å². The van der Waals surface area contributed by atoms with Gasteiger partial charge in [0.05, 0.1) is 27.6 Å². The number of thioether (sulfide) groups is 1. The first-order valence-electron chi connectivity index (χ1n) is 7.75. The molecular weight excluding hydrogens is 397 g/mol. The Labute approximate surface area is 162 Å². The number of benzene rings is 2. The van der Waals surface area contributed by atoms with Crippen molar-refractivity contribution < 1.29 is 13.2 Å². The Morgan fingerprint density at radius 2 is 1.89 bits per heavy atom. The van der Waals surface area contributed by atoms with E-state index in [9.17, 15) is 13.2 Å². The van der Waals surface area contributed by atoms with Gasteiger partial charge in [-0.25, -0.2) is 0 Å². The summed E-state index contributed by atoms with van der Waals surface area (Å²) in [4.78, 5) is 0. The first-order chi connectivity index (χ1) is 12.8. The smallest absolute Gasteiger partial charge is 0.270 e. The van der Waals surface area contributed by atoms with Crippen LogP contribution in [0.15, 0.2) is 53.7 Å². The molecule has 4 nitrogen and oxygen atoms in total. The van der Waals surface area contributed by atoms with E-state index in [0.29, 0.717) is 21.6 Å². The maximum atomic E-state index is 13.2. The number of rotatable bonds is 4. The lowest BCUT2D eigenvalue weighted by atomic mass is 10.1. The Hall–Kier alpha value is -2.50. The van der Waals surface area contributed by atoms with Gasteiger partial charge in [-0.2, -0.15) is 18.4 Å². The van der Waals surface area contributed by atoms with Crippen molar-refractivity contribution in [2.75, 3.05) is 0 Å². The van der Waals surface area contributed by atoms with Crippen LogP contribution in [0.5, 0.6) is 0 Å². The molecule has 1 heterocycles. The van der Waals surface area contributed by atoms with Crippen LogP contribution >= 0.6 is 23.4 Å². The van der Waals surface area contributed by atoms with Crippen molar-refractivity contribution in [1.29, 1.82) is 5.26 Å². The molecule has 1 aromatic heterocycles. The summed E-state index contributed by atoms with van der Waals surface area (Å²) in [6.45, 7) is 1.67. The third-order valence-electron chi connectivity index (χ3n) is 3.64. The van der Waals surface area contributed by atoms with E-state index in [0.717, 1.165) is 23.9 Å². The van der Waals surface area contributed by atoms with Crippen LogP contribution in [0, 0.1) is 11.3 Å². The van der Waals surface area contributed by atoms with Crippen LogP contribution in [-0.4, -0.2) is 20.0 Å². The molecule has 138 valence electrons. The van der Waals surface area contributed by atoms with E-state index in [1.165, 1.54) is 16.7 Å². The number of halogens is 4. The molecule has 9 heteroatoms. The highest BCUT2D eigenvalue weighted by molar-refractivity contribution is 8.00. The summed E-state index contributed by atoms with van der Waals surface area (Å²) in [5, 5.41) is 17.5. The summed E-state index contributed by atoms with van der Waals surface area (Å²) in [7, 11) is 0. The standard InChI is InChI=1S/C18H12ClF3N4S/c1-11(10-23)27-17-25-24-16(14-7-2-3-8-15(14)19)26(17)13-6-4-5-12(9-13)18(20,21)22/h2-9,11H,1H3. The molecule has 3 aromatic rings. The summed E-state index contributed by atoms with van der Waals surface area (Å²) >= 11 is 7.35. The van der Waals surface area contributed by atoms with Crippen LogP contribution in [0.25, 0.3) is 17.1 Å². The second-order valence-corrected chi connectivity index (χ2v) is 7.27. The summed E-state index contributed by atoms with van der Waals surface area (Å²) in [5.74, 6) is 0.299. The molecular formula is C18H12ClF3N4S. The average molecular weight is 409 g/mol. The fourth-order valence-corrected chi connectivity index (χ4v) is 3.38. The third-order valence-corrected chi connectivity index (χ3v) is 4.91. The lowest BCUT2D eigenvalue weighted by Gasteiger charge is -2.14. The summed E-state index contributed by atoms with van der Waals surface area (Å²) in [6, 6.07) is 13.8. The van der Waals surface area contributed by atoms with Gasteiger partial charge in [-0.05, 0) is 37.3 Å². The predicted molar refractivity (Wildman–Crippen MR) is 97.7 cm³/mol. The van der Waals surface area contributed by atoms with Crippen LogP contribution in [0.2, 0.25) is 5.02 Å². The normalized spacial score (nSPS) is 12.6. The van der Waals surface area contributed by atoms with Gasteiger partial charge in [0, 0.05) is 5.56 Å². The zero-order chi connectivity index (χ0) is 19.6. The molecule has 0 saturated heterocycles. The zero-order valence-electron chi connectivity index (χ0n) is 13.9. The van der Waals surface area contributed by atoms with Crippen LogP contribution in [0.3, 0.4) is 0 Å². The fourth-order valence-electron chi connectivity index (χ4n) is 2.40. The second kappa shape index (κ2) is 7.62. The third kappa shape index (κ3) is 4.10. The van der Waals surface area contributed by atoms with E-state index < -0.39 is 17.0 Å². The van der Waals surface area contributed by atoms with Gasteiger partial charge in [-0.15, -0.1) is 10.2 Å². The van der Waals surface area contributed by atoms with E-state index >= 15 is 0 Å². The molecule has 0 aliphatic heterocycles.